The zero-order chi connectivity index (χ0) is 18.7. The first-order valence-electron chi connectivity index (χ1n) is 8.09. The highest BCUT2D eigenvalue weighted by atomic mass is 32.2. The number of nitrogens with zero attached hydrogens (tertiary/aromatic N) is 1. The van der Waals surface area contributed by atoms with Crippen molar-refractivity contribution in [3.8, 4) is 0 Å². The van der Waals surface area contributed by atoms with Crippen molar-refractivity contribution < 1.29 is 18.0 Å². The van der Waals surface area contributed by atoms with Gasteiger partial charge in [-0.1, -0.05) is 12.1 Å². The summed E-state index contributed by atoms with van der Waals surface area (Å²) in [7, 11) is -3.31. The molecule has 0 radical (unpaired) electrons. The topological polar surface area (TPSA) is 95.6 Å². The Kier molecular flexibility index (Phi) is 5.28. The highest BCUT2D eigenvalue weighted by molar-refractivity contribution is 7.93. The number of sulfonamides is 1. The number of benzene rings is 1. The summed E-state index contributed by atoms with van der Waals surface area (Å²) < 4.78 is 25.5. The van der Waals surface area contributed by atoms with E-state index in [0.717, 1.165) is 10.4 Å². The number of hydrogen-bond donors (Lipinski definition) is 2. The van der Waals surface area contributed by atoms with Gasteiger partial charge < -0.3 is 10.6 Å². The second-order valence-corrected chi connectivity index (χ2v) is 9.00. The number of hydrogen-bond acceptors (Lipinski definition) is 5. The molecule has 0 aliphatic carbocycles. The summed E-state index contributed by atoms with van der Waals surface area (Å²) in [6.07, 6.45) is 0.572. The summed E-state index contributed by atoms with van der Waals surface area (Å²) in [6.45, 7) is 2.48. The molecule has 0 bridgehead atoms. The van der Waals surface area contributed by atoms with Crippen LogP contribution in [0.5, 0.6) is 0 Å². The summed E-state index contributed by atoms with van der Waals surface area (Å²) >= 11 is 1.49. The molecule has 0 spiro atoms. The third-order valence-electron chi connectivity index (χ3n) is 4.07. The molecule has 3 rings (SSSR count). The highest BCUT2D eigenvalue weighted by Gasteiger charge is 2.28. The van der Waals surface area contributed by atoms with Crippen LogP contribution in [0.2, 0.25) is 0 Å². The predicted octanol–water partition coefficient (Wildman–Crippen LogP) is 1.85. The van der Waals surface area contributed by atoms with E-state index >= 15 is 0 Å². The van der Waals surface area contributed by atoms with Crippen LogP contribution < -0.4 is 14.9 Å². The van der Waals surface area contributed by atoms with Crippen molar-refractivity contribution in [3.63, 3.8) is 0 Å². The zero-order valence-electron chi connectivity index (χ0n) is 14.2. The maximum atomic E-state index is 12.1. The lowest BCUT2D eigenvalue weighted by molar-refractivity contribution is -0.136. The molecule has 138 valence electrons. The Balaban J connectivity index is 1.69. The maximum Gasteiger partial charge on any atom is 0.313 e. The second-order valence-electron chi connectivity index (χ2n) is 5.96. The Morgan fingerprint density at radius 1 is 1.23 bits per heavy atom. The highest BCUT2D eigenvalue weighted by Crippen LogP contribution is 2.28. The fraction of sp³-hybridized carbons (Fsp3) is 0.294. The van der Waals surface area contributed by atoms with E-state index in [9.17, 15) is 18.0 Å². The maximum absolute atomic E-state index is 12.1. The van der Waals surface area contributed by atoms with Crippen molar-refractivity contribution in [1.82, 2.24) is 5.32 Å². The first-order chi connectivity index (χ1) is 12.4. The normalized spacial score (nSPS) is 15.7. The van der Waals surface area contributed by atoms with E-state index in [4.69, 9.17) is 0 Å². The van der Waals surface area contributed by atoms with Crippen molar-refractivity contribution in [3.05, 3.63) is 46.2 Å². The Labute approximate surface area is 156 Å². The predicted molar refractivity (Wildman–Crippen MR) is 102 cm³/mol. The number of rotatable bonds is 4. The fourth-order valence-corrected chi connectivity index (χ4v) is 4.87. The molecule has 2 aromatic rings. The molecular weight excluding hydrogens is 374 g/mol. The van der Waals surface area contributed by atoms with Crippen LogP contribution in [0.25, 0.3) is 0 Å². The van der Waals surface area contributed by atoms with Crippen LogP contribution in [-0.2, 0) is 26.2 Å². The first-order valence-corrected chi connectivity index (χ1v) is 10.6. The number of thiophene rings is 1. The van der Waals surface area contributed by atoms with Gasteiger partial charge in [-0.25, -0.2) is 8.42 Å². The molecule has 2 amide bonds. The smallest absolute Gasteiger partial charge is 0.313 e. The van der Waals surface area contributed by atoms with Gasteiger partial charge in [-0.2, -0.15) is 0 Å². The minimum atomic E-state index is -3.31. The van der Waals surface area contributed by atoms with Crippen molar-refractivity contribution in [2.75, 3.05) is 21.9 Å². The number of carbonyl (C=O) groups excluding carboxylic acids is 2. The van der Waals surface area contributed by atoms with Crippen LogP contribution in [0.15, 0.2) is 35.7 Å². The van der Waals surface area contributed by atoms with E-state index in [1.807, 2.05) is 17.5 Å². The van der Waals surface area contributed by atoms with Gasteiger partial charge in [0.1, 0.15) is 0 Å². The van der Waals surface area contributed by atoms with Crippen LogP contribution in [0, 0.1) is 6.92 Å². The summed E-state index contributed by atoms with van der Waals surface area (Å²) in [5.41, 5.74) is 1.65. The van der Waals surface area contributed by atoms with E-state index in [0.29, 0.717) is 24.3 Å². The lowest BCUT2D eigenvalue weighted by atomic mass is 10.1. The van der Waals surface area contributed by atoms with Gasteiger partial charge in [0.05, 0.1) is 18.0 Å². The van der Waals surface area contributed by atoms with Crippen molar-refractivity contribution in [2.24, 2.45) is 0 Å². The van der Waals surface area contributed by atoms with Gasteiger partial charge in [0.15, 0.2) is 0 Å². The SMILES string of the molecule is Cc1ccc(N2CCCS2(=O)=O)cc1NC(=O)C(=O)NCc1cccs1. The van der Waals surface area contributed by atoms with Crippen molar-refractivity contribution >= 4 is 44.5 Å². The van der Waals surface area contributed by atoms with Crippen molar-refractivity contribution in [2.45, 2.75) is 19.9 Å². The quantitative estimate of drug-likeness (QED) is 0.775. The number of nitrogens with one attached hydrogen (secondary N) is 2. The fourth-order valence-electron chi connectivity index (χ4n) is 2.67. The monoisotopic (exact) mass is 393 g/mol. The zero-order valence-corrected chi connectivity index (χ0v) is 15.8. The molecule has 0 unspecified atom stereocenters. The lowest BCUT2D eigenvalue weighted by Crippen LogP contribution is -2.35. The van der Waals surface area contributed by atoms with Crippen LogP contribution in [-0.4, -0.2) is 32.5 Å². The Hall–Kier alpha value is -2.39. The van der Waals surface area contributed by atoms with Gasteiger partial charge in [-0.05, 0) is 42.5 Å². The van der Waals surface area contributed by atoms with Gasteiger partial charge in [0.2, 0.25) is 10.0 Å². The van der Waals surface area contributed by atoms with E-state index in [1.54, 1.807) is 25.1 Å². The molecule has 2 heterocycles. The summed E-state index contributed by atoms with van der Waals surface area (Å²) in [4.78, 5) is 25.1. The molecule has 2 N–H and O–H groups in total. The molecule has 7 nitrogen and oxygen atoms in total. The summed E-state index contributed by atoms with van der Waals surface area (Å²) in [5, 5.41) is 7.01. The number of carbonyl (C=O) groups is 2. The summed E-state index contributed by atoms with van der Waals surface area (Å²) in [6, 6.07) is 8.75. The molecule has 1 fully saturated rings. The molecule has 1 saturated heterocycles. The Morgan fingerprint density at radius 3 is 2.69 bits per heavy atom. The first kappa shape index (κ1) is 18.4. The molecule has 26 heavy (non-hydrogen) atoms. The van der Waals surface area contributed by atoms with E-state index in [2.05, 4.69) is 10.6 Å². The number of anilines is 2. The van der Waals surface area contributed by atoms with Gasteiger partial charge in [-0.3, -0.25) is 13.9 Å². The minimum Gasteiger partial charge on any atom is -0.343 e. The molecule has 9 heteroatoms. The molecular formula is C17H19N3O4S2. The van der Waals surface area contributed by atoms with Crippen LogP contribution in [0.1, 0.15) is 16.9 Å². The van der Waals surface area contributed by atoms with Crippen LogP contribution in [0.4, 0.5) is 11.4 Å². The Bertz CT molecular complexity index is 923. The summed E-state index contributed by atoms with van der Waals surface area (Å²) in [5.74, 6) is -1.41. The van der Waals surface area contributed by atoms with Crippen molar-refractivity contribution in [1.29, 1.82) is 0 Å². The molecule has 0 saturated carbocycles. The standard InChI is InChI=1S/C17H19N3O4S2/c1-12-5-6-13(20-7-3-9-26(20,23)24)10-15(12)19-17(22)16(21)18-11-14-4-2-8-25-14/h2,4-6,8,10H,3,7,9,11H2,1H3,(H,18,21)(H,19,22). The van der Waals surface area contributed by atoms with Crippen LogP contribution in [0.3, 0.4) is 0 Å². The van der Waals surface area contributed by atoms with E-state index < -0.39 is 21.8 Å². The molecule has 1 aromatic heterocycles. The third kappa shape index (κ3) is 4.05. The second kappa shape index (κ2) is 7.46. The number of amides is 2. The molecule has 1 aliphatic heterocycles. The minimum absolute atomic E-state index is 0.119. The van der Waals surface area contributed by atoms with E-state index in [-0.39, 0.29) is 12.3 Å². The van der Waals surface area contributed by atoms with Crippen LogP contribution >= 0.6 is 11.3 Å². The lowest BCUT2D eigenvalue weighted by Gasteiger charge is -2.19. The van der Waals surface area contributed by atoms with Gasteiger partial charge >= 0.3 is 11.8 Å². The van der Waals surface area contributed by atoms with E-state index in [1.165, 1.54) is 15.6 Å². The third-order valence-corrected chi connectivity index (χ3v) is 6.81. The average Bonchev–Trinajstić information content (AvgIpc) is 3.23. The molecule has 0 atom stereocenters. The molecule has 1 aliphatic rings. The number of aryl methyl sites for hydroxylation is 1. The van der Waals surface area contributed by atoms with Gasteiger partial charge in [0, 0.05) is 17.1 Å². The molecule has 1 aromatic carbocycles. The van der Waals surface area contributed by atoms with Gasteiger partial charge in [-0.15, -0.1) is 11.3 Å². The average molecular weight is 393 g/mol. The largest absolute Gasteiger partial charge is 0.343 e. The van der Waals surface area contributed by atoms with Gasteiger partial charge in [0.25, 0.3) is 0 Å². The Morgan fingerprint density at radius 2 is 2.04 bits per heavy atom.